The number of rotatable bonds is 5. The fourth-order valence-electron chi connectivity index (χ4n) is 2.25. The number of hydrogen-bond donors (Lipinski definition) is 1. The van der Waals surface area contributed by atoms with E-state index in [0.29, 0.717) is 0 Å². The predicted molar refractivity (Wildman–Crippen MR) is 93.9 cm³/mol. The normalized spacial score (nSPS) is 12.5. The highest BCUT2D eigenvalue weighted by Gasteiger charge is 2.25. The fourth-order valence-corrected chi connectivity index (χ4v) is 3.68. The minimum Gasteiger partial charge on any atom is -0.441 e. The Balaban J connectivity index is 2.07. The second-order valence-corrected chi connectivity index (χ2v) is 12.1. The van der Waals surface area contributed by atoms with Crippen molar-refractivity contribution in [1.82, 2.24) is 0 Å². The lowest BCUT2D eigenvalue weighted by Gasteiger charge is -2.25. The lowest BCUT2D eigenvalue weighted by Crippen LogP contribution is -2.27. The van der Waals surface area contributed by atoms with Crippen LogP contribution in [0.1, 0.15) is 11.7 Å². The first-order valence-electron chi connectivity index (χ1n) is 7.52. The van der Waals surface area contributed by atoms with Crippen molar-refractivity contribution in [2.24, 2.45) is 0 Å². The van der Waals surface area contributed by atoms with Gasteiger partial charge in [-0.15, -0.1) is 0 Å². The van der Waals surface area contributed by atoms with Gasteiger partial charge >= 0.3 is 6.09 Å². The van der Waals surface area contributed by atoms with E-state index < -0.39 is 14.2 Å². The van der Waals surface area contributed by atoms with Crippen LogP contribution >= 0.6 is 0 Å². The summed E-state index contributed by atoms with van der Waals surface area (Å²) in [7, 11) is -1.37. The Morgan fingerprint density at radius 1 is 1.00 bits per heavy atom. The van der Waals surface area contributed by atoms with E-state index in [4.69, 9.17) is 4.74 Å². The van der Waals surface area contributed by atoms with Gasteiger partial charge in [-0.2, -0.15) is 0 Å². The maximum absolute atomic E-state index is 12.2. The smallest absolute Gasteiger partial charge is 0.412 e. The molecule has 0 unspecified atom stereocenters. The van der Waals surface area contributed by atoms with Crippen LogP contribution in [0, 0.1) is 0 Å². The van der Waals surface area contributed by atoms with E-state index in [1.54, 1.807) is 0 Å². The summed E-state index contributed by atoms with van der Waals surface area (Å²) in [5.41, 5.74) is 1.79. The summed E-state index contributed by atoms with van der Waals surface area (Å²) in [5.74, 6) is 0. The fraction of sp³-hybridized carbons (Fsp3) is 0.278. The van der Waals surface area contributed by atoms with Crippen LogP contribution in [0.5, 0.6) is 0 Å². The molecule has 2 rings (SSSR count). The zero-order chi connectivity index (χ0) is 16.0. The van der Waals surface area contributed by atoms with Crippen molar-refractivity contribution < 1.29 is 9.53 Å². The Hall–Kier alpha value is -2.07. The molecule has 2 aromatic carbocycles. The third-order valence-electron chi connectivity index (χ3n) is 3.24. The van der Waals surface area contributed by atoms with Gasteiger partial charge in [-0.05, 0) is 23.7 Å². The number of carbonyl (C=O) groups is 1. The summed E-state index contributed by atoms with van der Waals surface area (Å²) >= 11 is 0. The van der Waals surface area contributed by atoms with Gasteiger partial charge in [0, 0.05) is 13.8 Å². The van der Waals surface area contributed by atoms with Gasteiger partial charge < -0.3 is 4.74 Å². The monoisotopic (exact) mass is 313 g/mol. The van der Waals surface area contributed by atoms with Crippen molar-refractivity contribution in [3.63, 3.8) is 0 Å². The van der Waals surface area contributed by atoms with Crippen molar-refractivity contribution in [3.05, 3.63) is 66.2 Å². The van der Waals surface area contributed by atoms with Crippen LogP contribution in [0.15, 0.2) is 60.7 Å². The summed E-state index contributed by atoms with van der Waals surface area (Å²) < 4.78 is 5.70. The van der Waals surface area contributed by atoms with Gasteiger partial charge in [0.15, 0.2) is 0 Å². The van der Waals surface area contributed by atoms with Gasteiger partial charge in [0.2, 0.25) is 0 Å². The van der Waals surface area contributed by atoms with Gasteiger partial charge in [-0.25, -0.2) is 4.79 Å². The van der Waals surface area contributed by atoms with Gasteiger partial charge in [0.05, 0.1) is 0 Å². The van der Waals surface area contributed by atoms with Gasteiger partial charge in [-0.1, -0.05) is 68.2 Å². The number of amides is 1. The zero-order valence-electron chi connectivity index (χ0n) is 13.4. The molecule has 22 heavy (non-hydrogen) atoms. The Bertz CT molecular complexity index is 593. The van der Waals surface area contributed by atoms with Gasteiger partial charge in [0.1, 0.15) is 6.10 Å². The van der Waals surface area contributed by atoms with Crippen molar-refractivity contribution in [1.29, 1.82) is 0 Å². The first kappa shape index (κ1) is 16.3. The number of hydrogen-bond acceptors (Lipinski definition) is 2. The Morgan fingerprint density at radius 2 is 1.55 bits per heavy atom. The summed E-state index contributed by atoms with van der Waals surface area (Å²) in [6, 6.07) is 20.2. The second-order valence-electron chi connectivity index (χ2n) is 6.56. The molecule has 0 saturated carbocycles. The standard InChI is InChI=1S/C18H23NO2Si/c1-22(2,3)14-17(15-10-6-4-7-11-15)21-18(20)19-16-12-8-5-9-13-16/h4-13,17H,14H2,1-3H3,(H,19,20)/t17-/m1/s1. The number of anilines is 1. The maximum Gasteiger partial charge on any atom is 0.412 e. The molecule has 0 saturated heterocycles. The number of ether oxygens (including phenoxy) is 1. The molecule has 0 aliphatic carbocycles. The van der Waals surface area contributed by atoms with Crippen LogP contribution < -0.4 is 5.32 Å². The number of carbonyl (C=O) groups excluding carboxylic acids is 1. The van der Waals surface area contributed by atoms with E-state index in [1.165, 1.54) is 0 Å². The summed E-state index contributed by atoms with van der Waals surface area (Å²) in [5, 5.41) is 2.78. The zero-order valence-corrected chi connectivity index (χ0v) is 14.4. The number of nitrogens with one attached hydrogen (secondary N) is 1. The average molecular weight is 313 g/mol. The molecule has 1 amide bonds. The molecule has 0 heterocycles. The molecule has 0 aromatic heterocycles. The van der Waals surface area contributed by atoms with Crippen LogP contribution in [0.4, 0.5) is 10.5 Å². The first-order valence-corrected chi connectivity index (χ1v) is 11.2. The number of benzene rings is 2. The minimum atomic E-state index is -1.37. The lowest BCUT2D eigenvalue weighted by atomic mass is 10.1. The molecule has 0 radical (unpaired) electrons. The molecule has 2 aromatic rings. The molecule has 0 bridgehead atoms. The molecular weight excluding hydrogens is 290 g/mol. The Morgan fingerprint density at radius 3 is 2.09 bits per heavy atom. The van der Waals surface area contributed by atoms with Crippen LogP contribution in [-0.2, 0) is 4.74 Å². The molecule has 0 spiro atoms. The summed E-state index contributed by atoms with van der Waals surface area (Å²) in [6.45, 7) is 6.84. The maximum atomic E-state index is 12.2. The average Bonchev–Trinajstić information content (AvgIpc) is 2.47. The van der Waals surface area contributed by atoms with Crippen LogP contribution in [-0.4, -0.2) is 14.2 Å². The number of para-hydroxylation sites is 1. The first-order chi connectivity index (χ1) is 10.4. The van der Waals surface area contributed by atoms with E-state index in [1.807, 2.05) is 60.7 Å². The highest BCUT2D eigenvalue weighted by Crippen LogP contribution is 2.28. The largest absolute Gasteiger partial charge is 0.441 e. The molecular formula is C18H23NO2Si. The van der Waals surface area contributed by atoms with E-state index >= 15 is 0 Å². The van der Waals surface area contributed by atoms with Gasteiger partial charge in [-0.3, -0.25) is 5.32 Å². The van der Waals surface area contributed by atoms with E-state index in [0.717, 1.165) is 17.3 Å². The van der Waals surface area contributed by atoms with Crippen LogP contribution in [0.3, 0.4) is 0 Å². The van der Waals surface area contributed by atoms with Crippen molar-refractivity contribution in [3.8, 4) is 0 Å². The van der Waals surface area contributed by atoms with E-state index in [-0.39, 0.29) is 6.10 Å². The van der Waals surface area contributed by atoms with Gasteiger partial charge in [0.25, 0.3) is 0 Å². The minimum absolute atomic E-state index is 0.198. The molecule has 4 heteroatoms. The predicted octanol–water partition coefficient (Wildman–Crippen LogP) is 5.31. The van der Waals surface area contributed by atoms with Crippen LogP contribution in [0.2, 0.25) is 25.7 Å². The molecule has 3 nitrogen and oxygen atoms in total. The topological polar surface area (TPSA) is 38.3 Å². The molecule has 0 aliphatic rings. The van der Waals surface area contributed by atoms with E-state index in [9.17, 15) is 4.79 Å². The molecule has 1 N–H and O–H groups in total. The second kappa shape index (κ2) is 7.27. The molecule has 0 fully saturated rings. The highest BCUT2D eigenvalue weighted by atomic mass is 28.3. The van der Waals surface area contributed by atoms with Crippen molar-refractivity contribution >= 4 is 19.9 Å². The van der Waals surface area contributed by atoms with Crippen LogP contribution in [0.25, 0.3) is 0 Å². The Labute approximate surface area is 133 Å². The molecule has 116 valence electrons. The quantitative estimate of drug-likeness (QED) is 0.759. The molecule has 1 atom stereocenters. The lowest BCUT2D eigenvalue weighted by molar-refractivity contribution is 0.120. The van der Waals surface area contributed by atoms with E-state index in [2.05, 4.69) is 25.0 Å². The third kappa shape index (κ3) is 5.37. The van der Waals surface area contributed by atoms with Crippen molar-refractivity contribution in [2.45, 2.75) is 31.8 Å². The molecule has 0 aliphatic heterocycles. The highest BCUT2D eigenvalue weighted by molar-refractivity contribution is 6.76. The SMILES string of the molecule is C[Si](C)(C)C[C@@H](OC(=O)Nc1ccccc1)c1ccccc1. The third-order valence-corrected chi connectivity index (χ3v) is 4.83. The summed E-state index contributed by atoms with van der Waals surface area (Å²) in [4.78, 5) is 12.2. The Kier molecular flexibility index (Phi) is 5.39. The summed E-state index contributed by atoms with van der Waals surface area (Å²) in [6.07, 6.45) is -0.602. The van der Waals surface area contributed by atoms with Crippen molar-refractivity contribution in [2.75, 3.05) is 5.32 Å².